The van der Waals surface area contributed by atoms with Crippen molar-refractivity contribution in [2.75, 3.05) is 28.5 Å². The molecule has 1 atom stereocenters. The van der Waals surface area contributed by atoms with Gasteiger partial charge in [-0.2, -0.15) is 0 Å². The molecule has 1 amide bonds. The number of amides is 1. The highest BCUT2D eigenvalue weighted by molar-refractivity contribution is 7.93. The molecule has 0 bridgehead atoms. The Morgan fingerprint density at radius 2 is 2.08 bits per heavy atom. The van der Waals surface area contributed by atoms with Crippen molar-refractivity contribution in [2.24, 2.45) is 0 Å². The molecule has 2 aliphatic rings. The largest absolute Gasteiger partial charge is 0.325 e. The first-order valence-corrected chi connectivity index (χ1v) is 9.42. The van der Waals surface area contributed by atoms with E-state index < -0.39 is 15.8 Å². The second-order valence-corrected chi connectivity index (χ2v) is 7.91. The first-order chi connectivity index (χ1) is 11.0. The van der Waals surface area contributed by atoms with Gasteiger partial charge in [0.05, 0.1) is 17.5 Å². The van der Waals surface area contributed by atoms with Gasteiger partial charge in [0.25, 0.3) is 0 Å². The topological polar surface area (TPSA) is 78.5 Å². The molecule has 0 radical (unpaired) electrons. The average molecular weight is 378 g/mol. The third-order valence-corrected chi connectivity index (χ3v) is 6.06. The number of halogens is 2. The van der Waals surface area contributed by atoms with Crippen LogP contribution in [-0.4, -0.2) is 39.2 Å². The van der Waals surface area contributed by atoms with Crippen molar-refractivity contribution in [3.05, 3.63) is 24.0 Å². The third-order valence-electron chi connectivity index (χ3n) is 4.21. The summed E-state index contributed by atoms with van der Waals surface area (Å²) in [7, 11) is -3.46. The van der Waals surface area contributed by atoms with E-state index in [1.54, 1.807) is 0 Å². The molecule has 2 fully saturated rings. The molecule has 2 aliphatic heterocycles. The summed E-state index contributed by atoms with van der Waals surface area (Å²) in [6.45, 7) is 1.07. The molecule has 0 saturated carbocycles. The monoisotopic (exact) mass is 377 g/mol. The van der Waals surface area contributed by atoms with E-state index in [2.05, 4.69) is 10.6 Å². The average Bonchev–Trinajstić information content (AvgIpc) is 2.89. The summed E-state index contributed by atoms with van der Waals surface area (Å²) in [5.41, 5.74) is 0.401. The molecule has 24 heavy (non-hydrogen) atoms. The summed E-state index contributed by atoms with van der Waals surface area (Å²) >= 11 is 0. The van der Waals surface area contributed by atoms with Gasteiger partial charge in [0.1, 0.15) is 5.82 Å². The van der Waals surface area contributed by atoms with Crippen LogP contribution in [0.4, 0.5) is 15.8 Å². The number of nitrogens with zero attached hydrogens (tertiary/aromatic N) is 1. The van der Waals surface area contributed by atoms with Crippen LogP contribution in [0, 0.1) is 5.82 Å². The second-order valence-electron chi connectivity index (χ2n) is 5.90. The Morgan fingerprint density at radius 1 is 1.29 bits per heavy atom. The van der Waals surface area contributed by atoms with Crippen molar-refractivity contribution >= 4 is 39.7 Å². The van der Waals surface area contributed by atoms with E-state index in [4.69, 9.17) is 0 Å². The van der Waals surface area contributed by atoms with E-state index in [9.17, 15) is 17.6 Å². The van der Waals surface area contributed by atoms with Gasteiger partial charge in [-0.3, -0.25) is 9.10 Å². The predicted octanol–water partition coefficient (Wildman–Crippen LogP) is 1.87. The van der Waals surface area contributed by atoms with Gasteiger partial charge in [0, 0.05) is 12.2 Å². The Hall–Kier alpha value is -1.38. The number of carbonyl (C=O) groups excluding carboxylic acids is 1. The molecule has 2 saturated heterocycles. The molecule has 2 N–H and O–H groups in total. The molecule has 134 valence electrons. The van der Waals surface area contributed by atoms with E-state index in [0.717, 1.165) is 30.1 Å². The van der Waals surface area contributed by atoms with E-state index in [1.165, 1.54) is 18.2 Å². The van der Waals surface area contributed by atoms with Gasteiger partial charge in [-0.05, 0) is 44.0 Å². The van der Waals surface area contributed by atoms with Crippen molar-refractivity contribution in [3.8, 4) is 0 Å². The number of carbonyl (C=O) groups is 1. The van der Waals surface area contributed by atoms with Crippen LogP contribution in [0.5, 0.6) is 0 Å². The maximum absolute atomic E-state index is 14.0. The lowest BCUT2D eigenvalue weighted by atomic mass is 10.0. The van der Waals surface area contributed by atoms with Crippen LogP contribution in [0.25, 0.3) is 0 Å². The quantitative estimate of drug-likeness (QED) is 0.842. The van der Waals surface area contributed by atoms with Crippen LogP contribution in [-0.2, 0) is 14.8 Å². The lowest BCUT2D eigenvalue weighted by Gasteiger charge is -2.23. The van der Waals surface area contributed by atoms with Crippen molar-refractivity contribution in [3.63, 3.8) is 0 Å². The summed E-state index contributed by atoms with van der Waals surface area (Å²) in [6, 6.07) is 3.77. The van der Waals surface area contributed by atoms with Gasteiger partial charge in [-0.15, -0.1) is 12.4 Å². The van der Waals surface area contributed by atoms with Crippen LogP contribution >= 0.6 is 12.4 Å². The fraction of sp³-hybridized carbons (Fsp3) is 0.533. The Balaban J connectivity index is 0.00000208. The molecule has 1 aromatic rings. The summed E-state index contributed by atoms with van der Waals surface area (Å²) in [4.78, 5) is 12.2. The number of nitrogens with one attached hydrogen (secondary N) is 2. The SMILES string of the molecule is Cl.O=C(Nc1ccc(F)c(N2CCCS2(=O)=O)c1)C1CCCCN1. The van der Waals surface area contributed by atoms with Crippen molar-refractivity contribution in [2.45, 2.75) is 31.7 Å². The second kappa shape index (κ2) is 7.67. The molecule has 0 aliphatic carbocycles. The highest BCUT2D eigenvalue weighted by Gasteiger charge is 2.30. The van der Waals surface area contributed by atoms with Gasteiger partial charge in [-0.25, -0.2) is 12.8 Å². The van der Waals surface area contributed by atoms with Crippen LogP contribution in [0.3, 0.4) is 0 Å². The van der Waals surface area contributed by atoms with Crippen LogP contribution in [0.15, 0.2) is 18.2 Å². The van der Waals surface area contributed by atoms with Crippen LogP contribution < -0.4 is 14.9 Å². The van der Waals surface area contributed by atoms with Gasteiger partial charge in [0.15, 0.2) is 0 Å². The van der Waals surface area contributed by atoms with Gasteiger partial charge in [0.2, 0.25) is 15.9 Å². The highest BCUT2D eigenvalue weighted by Crippen LogP contribution is 2.29. The van der Waals surface area contributed by atoms with E-state index in [-0.39, 0.29) is 42.3 Å². The Morgan fingerprint density at radius 3 is 2.71 bits per heavy atom. The first-order valence-electron chi connectivity index (χ1n) is 7.81. The molecular formula is C15H21ClFN3O3S. The Bertz CT molecular complexity index is 708. The smallest absolute Gasteiger partial charge is 0.241 e. The predicted molar refractivity (Wildman–Crippen MR) is 93.7 cm³/mol. The molecule has 3 rings (SSSR count). The molecule has 2 heterocycles. The molecule has 6 nitrogen and oxygen atoms in total. The Labute approximate surface area is 147 Å². The number of piperidine rings is 1. The molecule has 0 aromatic heterocycles. The third kappa shape index (κ3) is 3.99. The van der Waals surface area contributed by atoms with Gasteiger partial charge in [-0.1, -0.05) is 6.42 Å². The lowest BCUT2D eigenvalue weighted by molar-refractivity contribution is -0.118. The standard InChI is InChI=1S/C15H20FN3O3S.ClH/c16-12-6-5-11(18-15(20)13-4-1-2-7-17-13)10-14(12)19-8-3-9-23(19,21)22;/h5-6,10,13,17H,1-4,7-9H2,(H,18,20);1H. The summed E-state index contributed by atoms with van der Waals surface area (Å²) in [5, 5.41) is 5.88. The zero-order valence-electron chi connectivity index (χ0n) is 13.1. The normalized spacial score (nSPS) is 22.7. The lowest BCUT2D eigenvalue weighted by Crippen LogP contribution is -2.43. The van der Waals surface area contributed by atoms with Crippen LogP contribution in [0.1, 0.15) is 25.7 Å². The van der Waals surface area contributed by atoms with Crippen molar-refractivity contribution in [1.82, 2.24) is 5.32 Å². The number of sulfonamides is 1. The zero-order chi connectivity index (χ0) is 16.4. The summed E-state index contributed by atoms with van der Waals surface area (Å²) in [6.07, 6.45) is 3.29. The molecule has 1 unspecified atom stereocenters. The van der Waals surface area contributed by atoms with Gasteiger partial charge < -0.3 is 10.6 Å². The molecule has 0 spiro atoms. The summed E-state index contributed by atoms with van der Waals surface area (Å²) < 4.78 is 39.0. The fourth-order valence-electron chi connectivity index (χ4n) is 3.00. The summed E-state index contributed by atoms with van der Waals surface area (Å²) in [5.74, 6) is -0.759. The van der Waals surface area contributed by atoms with Crippen LogP contribution in [0.2, 0.25) is 0 Å². The van der Waals surface area contributed by atoms with E-state index >= 15 is 0 Å². The highest BCUT2D eigenvalue weighted by atomic mass is 35.5. The maximum Gasteiger partial charge on any atom is 0.241 e. The number of hydrogen-bond donors (Lipinski definition) is 2. The van der Waals surface area contributed by atoms with E-state index in [0.29, 0.717) is 12.1 Å². The van der Waals surface area contributed by atoms with Gasteiger partial charge >= 0.3 is 0 Å². The molecule has 1 aromatic carbocycles. The fourth-order valence-corrected chi connectivity index (χ4v) is 4.56. The Kier molecular flexibility index (Phi) is 6.06. The van der Waals surface area contributed by atoms with Crippen molar-refractivity contribution in [1.29, 1.82) is 0 Å². The minimum atomic E-state index is -3.46. The number of anilines is 2. The minimum Gasteiger partial charge on any atom is -0.325 e. The number of hydrogen-bond acceptors (Lipinski definition) is 4. The minimum absolute atomic E-state index is 0. The number of benzene rings is 1. The van der Waals surface area contributed by atoms with Crippen molar-refractivity contribution < 1.29 is 17.6 Å². The molecular weight excluding hydrogens is 357 g/mol. The maximum atomic E-state index is 14.0. The first kappa shape index (κ1) is 19.0. The molecule has 9 heteroatoms. The zero-order valence-corrected chi connectivity index (χ0v) is 14.8. The van der Waals surface area contributed by atoms with E-state index in [1.807, 2.05) is 0 Å². The number of rotatable bonds is 3.